The minimum absolute atomic E-state index is 0.0566. The fourth-order valence-electron chi connectivity index (χ4n) is 2.97. The minimum atomic E-state index is -3.72. The molecular weight excluding hydrogens is 396 g/mol. The maximum absolute atomic E-state index is 13.3. The number of nitrogens with zero attached hydrogens (tertiary/aromatic N) is 1. The summed E-state index contributed by atoms with van der Waals surface area (Å²) >= 11 is 0. The molecule has 5 nitrogen and oxygen atoms in total. The number of benzene rings is 2. The summed E-state index contributed by atoms with van der Waals surface area (Å²) in [5, 5.41) is 1.78. The van der Waals surface area contributed by atoms with E-state index in [1.807, 2.05) is 38.1 Å². The predicted molar refractivity (Wildman–Crippen MR) is 119 cm³/mol. The van der Waals surface area contributed by atoms with E-state index < -0.39 is 15.1 Å². The Morgan fingerprint density at radius 3 is 2.23 bits per heavy atom. The Morgan fingerprint density at radius 2 is 1.63 bits per heavy atom. The van der Waals surface area contributed by atoms with Gasteiger partial charge in [0.2, 0.25) is 5.91 Å². The van der Waals surface area contributed by atoms with Crippen LogP contribution in [0.5, 0.6) is 0 Å². The Kier molecular flexibility index (Phi) is 6.79. The van der Waals surface area contributed by atoms with Crippen molar-refractivity contribution < 1.29 is 13.2 Å². The molecule has 0 aliphatic rings. The highest BCUT2D eigenvalue weighted by Crippen LogP contribution is 2.28. The van der Waals surface area contributed by atoms with Crippen LogP contribution in [-0.2, 0) is 14.6 Å². The quantitative estimate of drug-likeness (QED) is 0.585. The summed E-state index contributed by atoms with van der Waals surface area (Å²) in [6.45, 7) is 3.84. The van der Waals surface area contributed by atoms with Gasteiger partial charge >= 0.3 is 0 Å². The number of carbonyl (C=O) groups is 1. The van der Waals surface area contributed by atoms with Gasteiger partial charge in [0.25, 0.3) is 0 Å². The highest BCUT2D eigenvalue weighted by molar-refractivity contribution is 7.91. The van der Waals surface area contributed by atoms with Crippen LogP contribution >= 0.6 is 0 Å². The molecule has 0 fully saturated rings. The molecule has 1 atom stereocenters. The Morgan fingerprint density at radius 1 is 1.00 bits per heavy atom. The number of nitrogens with one attached hydrogen (secondary N) is 1. The van der Waals surface area contributed by atoms with Crippen LogP contribution in [0.25, 0.3) is 6.08 Å². The number of hydrogen-bond donors (Lipinski definition) is 1. The van der Waals surface area contributed by atoms with Crippen molar-refractivity contribution in [3.63, 3.8) is 0 Å². The van der Waals surface area contributed by atoms with E-state index in [0.717, 1.165) is 16.7 Å². The molecule has 2 aromatic carbocycles. The van der Waals surface area contributed by atoms with E-state index in [1.54, 1.807) is 48.7 Å². The molecule has 0 saturated heterocycles. The molecule has 0 aliphatic carbocycles. The zero-order valence-corrected chi connectivity index (χ0v) is 17.8. The Bertz CT molecular complexity index is 1120. The van der Waals surface area contributed by atoms with E-state index in [1.165, 1.54) is 12.3 Å². The lowest BCUT2D eigenvalue weighted by molar-refractivity contribution is -0.116. The summed E-state index contributed by atoms with van der Waals surface area (Å²) in [6.07, 6.45) is 6.21. The third-order valence-corrected chi connectivity index (χ3v) is 6.86. The molecule has 30 heavy (non-hydrogen) atoms. The van der Waals surface area contributed by atoms with Gasteiger partial charge in [-0.05, 0) is 49.2 Å². The maximum atomic E-state index is 13.3. The number of carbonyl (C=O) groups excluding carboxylic acids is 1. The normalized spacial score (nSPS) is 12.6. The Labute approximate surface area is 177 Å². The van der Waals surface area contributed by atoms with Crippen molar-refractivity contribution in [2.45, 2.75) is 24.0 Å². The summed E-state index contributed by atoms with van der Waals surface area (Å²) < 4.78 is 26.5. The van der Waals surface area contributed by atoms with Crippen molar-refractivity contribution in [1.82, 2.24) is 10.3 Å². The zero-order valence-electron chi connectivity index (χ0n) is 16.9. The first kappa shape index (κ1) is 21.5. The number of rotatable bonds is 7. The first-order chi connectivity index (χ1) is 14.4. The summed E-state index contributed by atoms with van der Waals surface area (Å²) in [6, 6.07) is 17.9. The van der Waals surface area contributed by atoms with Crippen molar-refractivity contribution in [2.75, 3.05) is 6.54 Å². The molecular formula is C24H24N2O3S. The van der Waals surface area contributed by atoms with Crippen LogP contribution in [0.3, 0.4) is 0 Å². The molecule has 1 aromatic heterocycles. The van der Waals surface area contributed by atoms with Crippen molar-refractivity contribution in [2.24, 2.45) is 0 Å². The fraction of sp³-hybridized carbons (Fsp3) is 0.167. The van der Waals surface area contributed by atoms with Crippen LogP contribution in [-0.4, -0.2) is 25.9 Å². The molecule has 1 heterocycles. The van der Waals surface area contributed by atoms with Crippen LogP contribution < -0.4 is 5.32 Å². The molecule has 0 spiro atoms. The second-order valence-corrected chi connectivity index (χ2v) is 9.25. The van der Waals surface area contributed by atoms with Crippen LogP contribution in [0.1, 0.15) is 27.5 Å². The second-order valence-electron chi connectivity index (χ2n) is 7.12. The van der Waals surface area contributed by atoms with Crippen LogP contribution in [0.2, 0.25) is 0 Å². The molecule has 1 N–H and O–H groups in total. The van der Waals surface area contributed by atoms with Gasteiger partial charge in [-0.15, -0.1) is 0 Å². The molecule has 0 saturated carbocycles. The third-order valence-electron chi connectivity index (χ3n) is 4.75. The molecule has 3 aromatic rings. The Balaban J connectivity index is 1.79. The number of aromatic nitrogens is 1. The van der Waals surface area contributed by atoms with E-state index in [9.17, 15) is 13.2 Å². The third kappa shape index (κ3) is 5.42. The smallest absolute Gasteiger partial charge is 0.244 e. The van der Waals surface area contributed by atoms with E-state index >= 15 is 0 Å². The first-order valence-corrected chi connectivity index (χ1v) is 11.1. The lowest BCUT2D eigenvalue weighted by atomic mass is 10.1. The summed E-state index contributed by atoms with van der Waals surface area (Å²) in [5.74, 6) is -0.358. The molecule has 0 radical (unpaired) electrons. The largest absolute Gasteiger partial charge is 0.351 e. The SMILES string of the molecule is Cc1ccc(/C=C/C(=O)NC[C@@H](c2cccnc2)S(=O)(=O)c2ccc(C)cc2)cc1. The predicted octanol–water partition coefficient (Wildman–Crippen LogP) is 4.04. The summed E-state index contributed by atoms with van der Waals surface area (Å²) in [7, 11) is -3.72. The van der Waals surface area contributed by atoms with Crippen molar-refractivity contribution in [3.8, 4) is 0 Å². The summed E-state index contributed by atoms with van der Waals surface area (Å²) in [5.41, 5.74) is 3.53. The highest BCUT2D eigenvalue weighted by atomic mass is 32.2. The lowest BCUT2D eigenvalue weighted by Gasteiger charge is -2.18. The maximum Gasteiger partial charge on any atom is 0.244 e. The van der Waals surface area contributed by atoms with Gasteiger partial charge in [0, 0.05) is 25.0 Å². The first-order valence-electron chi connectivity index (χ1n) is 9.59. The van der Waals surface area contributed by atoms with Gasteiger partial charge in [-0.2, -0.15) is 0 Å². The zero-order chi connectivity index (χ0) is 21.6. The number of sulfone groups is 1. The number of aryl methyl sites for hydroxylation is 2. The molecule has 154 valence electrons. The van der Waals surface area contributed by atoms with Crippen molar-refractivity contribution in [3.05, 3.63) is 101 Å². The average Bonchev–Trinajstić information content (AvgIpc) is 2.74. The van der Waals surface area contributed by atoms with Crippen molar-refractivity contribution >= 4 is 21.8 Å². The molecule has 0 aliphatic heterocycles. The van der Waals surface area contributed by atoms with Gasteiger partial charge in [-0.25, -0.2) is 8.42 Å². The molecule has 0 unspecified atom stereocenters. The van der Waals surface area contributed by atoms with Crippen LogP contribution in [0.15, 0.2) is 84.0 Å². The average molecular weight is 421 g/mol. The molecule has 0 bridgehead atoms. The topological polar surface area (TPSA) is 76.1 Å². The molecule has 6 heteroatoms. The number of hydrogen-bond acceptors (Lipinski definition) is 4. The van der Waals surface area contributed by atoms with Crippen LogP contribution in [0.4, 0.5) is 0 Å². The van der Waals surface area contributed by atoms with E-state index in [-0.39, 0.29) is 17.3 Å². The molecule has 1 amide bonds. The summed E-state index contributed by atoms with van der Waals surface area (Å²) in [4.78, 5) is 16.6. The minimum Gasteiger partial charge on any atom is -0.351 e. The Hall–Kier alpha value is -3.25. The number of pyridine rings is 1. The lowest BCUT2D eigenvalue weighted by Crippen LogP contribution is -2.31. The highest BCUT2D eigenvalue weighted by Gasteiger charge is 2.29. The van der Waals surface area contributed by atoms with Gasteiger partial charge in [-0.1, -0.05) is 53.6 Å². The molecule has 3 rings (SSSR count). The second kappa shape index (κ2) is 9.50. The van der Waals surface area contributed by atoms with Gasteiger partial charge < -0.3 is 5.32 Å². The number of amides is 1. The van der Waals surface area contributed by atoms with E-state index in [4.69, 9.17) is 0 Å². The van der Waals surface area contributed by atoms with Crippen molar-refractivity contribution in [1.29, 1.82) is 0 Å². The fourth-order valence-corrected chi connectivity index (χ4v) is 4.61. The van der Waals surface area contributed by atoms with Gasteiger partial charge in [-0.3, -0.25) is 9.78 Å². The van der Waals surface area contributed by atoms with Gasteiger partial charge in [0.15, 0.2) is 9.84 Å². The van der Waals surface area contributed by atoms with Crippen LogP contribution in [0, 0.1) is 13.8 Å². The van der Waals surface area contributed by atoms with Gasteiger partial charge in [0.1, 0.15) is 5.25 Å². The van der Waals surface area contributed by atoms with E-state index in [0.29, 0.717) is 5.56 Å². The van der Waals surface area contributed by atoms with E-state index in [2.05, 4.69) is 10.3 Å². The standard InChI is InChI=1S/C24H24N2O3S/c1-18-5-9-20(10-6-18)11-14-24(27)26-17-23(21-4-3-15-25-16-21)30(28,29)22-12-7-19(2)8-13-22/h3-16,23H,17H2,1-2H3,(H,26,27)/b14-11+/t23-/m0/s1. The van der Waals surface area contributed by atoms with Gasteiger partial charge in [0.05, 0.1) is 4.90 Å². The monoisotopic (exact) mass is 420 g/mol.